The Balaban J connectivity index is 2.35. The van der Waals surface area contributed by atoms with Crippen molar-refractivity contribution >= 4 is 17.3 Å². The summed E-state index contributed by atoms with van der Waals surface area (Å²) in [5.74, 6) is -0.395. The third-order valence-electron chi connectivity index (χ3n) is 2.61. The summed E-state index contributed by atoms with van der Waals surface area (Å²) in [6.45, 7) is 1.72. The van der Waals surface area contributed by atoms with Gasteiger partial charge in [-0.05, 0) is 24.8 Å². The van der Waals surface area contributed by atoms with Crippen molar-refractivity contribution in [3.8, 4) is 11.4 Å². The molecule has 2 aromatic rings. The molecule has 0 aliphatic heterocycles. The first kappa shape index (κ1) is 12.5. The summed E-state index contributed by atoms with van der Waals surface area (Å²) in [7, 11) is 0. The average molecular weight is 264 g/mol. The Hall–Kier alpha value is -1.95. The standard InChI is InChI=1S/C12H12N2O3S/c1-7-9(2-3-10(15)16)12(17)14-11(13-7)8-4-5-18-6-8/h4-6H,2-3H2,1H3,(H,15,16)(H,13,14,17). The first-order valence-electron chi connectivity index (χ1n) is 5.42. The van der Waals surface area contributed by atoms with Crippen molar-refractivity contribution in [1.82, 2.24) is 9.97 Å². The lowest BCUT2D eigenvalue weighted by molar-refractivity contribution is -0.136. The highest BCUT2D eigenvalue weighted by molar-refractivity contribution is 7.08. The molecule has 2 aromatic heterocycles. The smallest absolute Gasteiger partial charge is 0.303 e. The summed E-state index contributed by atoms with van der Waals surface area (Å²) in [5.41, 5.74) is 1.63. The van der Waals surface area contributed by atoms with Gasteiger partial charge in [0.05, 0.1) is 0 Å². The summed E-state index contributed by atoms with van der Waals surface area (Å²) < 4.78 is 0. The summed E-state index contributed by atoms with van der Waals surface area (Å²) in [6, 6.07) is 1.87. The molecule has 0 saturated carbocycles. The largest absolute Gasteiger partial charge is 0.481 e. The summed E-state index contributed by atoms with van der Waals surface area (Å²) in [6.07, 6.45) is 0.136. The van der Waals surface area contributed by atoms with Crippen molar-refractivity contribution < 1.29 is 9.90 Å². The van der Waals surface area contributed by atoms with E-state index in [0.29, 0.717) is 17.1 Å². The van der Waals surface area contributed by atoms with Crippen LogP contribution in [0.5, 0.6) is 0 Å². The van der Waals surface area contributed by atoms with Crippen molar-refractivity contribution in [2.45, 2.75) is 19.8 Å². The molecule has 0 aromatic carbocycles. The monoisotopic (exact) mass is 264 g/mol. The van der Waals surface area contributed by atoms with Gasteiger partial charge < -0.3 is 10.1 Å². The third kappa shape index (κ3) is 2.65. The molecule has 0 aliphatic rings. The highest BCUT2D eigenvalue weighted by Gasteiger charge is 2.11. The summed E-state index contributed by atoms with van der Waals surface area (Å²) in [4.78, 5) is 29.4. The van der Waals surface area contributed by atoms with Crippen LogP contribution in [0, 0.1) is 6.92 Å². The highest BCUT2D eigenvalue weighted by atomic mass is 32.1. The molecule has 0 aliphatic carbocycles. The Morgan fingerprint density at radius 1 is 1.56 bits per heavy atom. The van der Waals surface area contributed by atoms with Crippen LogP contribution in [0.25, 0.3) is 11.4 Å². The number of aromatic nitrogens is 2. The molecular formula is C12H12N2O3S. The number of hydrogen-bond donors (Lipinski definition) is 2. The number of carboxylic acids is 1. The van der Waals surface area contributed by atoms with E-state index in [2.05, 4.69) is 9.97 Å². The first-order chi connectivity index (χ1) is 8.58. The second kappa shape index (κ2) is 5.14. The number of carbonyl (C=O) groups is 1. The minimum atomic E-state index is -0.921. The molecule has 0 atom stereocenters. The molecular weight excluding hydrogens is 252 g/mol. The minimum absolute atomic E-state index is 0.0661. The third-order valence-corrected chi connectivity index (χ3v) is 3.29. The molecule has 2 heterocycles. The maximum atomic E-state index is 11.9. The van der Waals surface area contributed by atoms with Gasteiger partial charge in [0.15, 0.2) is 0 Å². The zero-order valence-corrected chi connectivity index (χ0v) is 10.6. The lowest BCUT2D eigenvalue weighted by Crippen LogP contribution is -2.18. The van der Waals surface area contributed by atoms with Gasteiger partial charge in [0.2, 0.25) is 0 Å². The molecule has 0 unspecified atom stereocenters. The first-order valence-corrected chi connectivity index (χ1v) is 6.36. The molecule has 0 bridgehead atoms. The Kier molecular flexibility index (Phi) is 3.57. The Labute approximate surface area is 107 Å². The second-order valence-corrected chi connectivity index (χ2v) is 4.66. The number of aromatic amines is 1. The van der Waals surface area contributed by atoms with Crippen molar-refractivity contribution in [3.63, 3.8) is 0 Å². The van der Waals surface area contributed by atoms with E-state index in [1.807, 2.05) is 16.8 Å². The average Bonchev–Trinajstić information content (AvgIpc) is 2.80. The Morgan fingerprint density at radius 2 is 2.33 bits per heavy atom. The van der Waals surface area contributed by atoms with E-state index in [1.54, 1.807) is 6.92 Å². The van der Waals surface area contributed by atoms with Crippen LogP contribution in [-0.2, 0) is 11.2 Å². The molecule has 0 saturated heterocycles. The van der Waals surface area contributed by atoms with Crippen molar-refractivity contribution in [3.05, 3.63) is 38.4 Å². The Morgan fingerprint density at radius 3 is 2.89 bits per heavy atom. The normalized spacial score (nSPS) is 10.5. The number of nitrogens with one attached hydrogen (secondary N) is 1. The van der Waals surface area contributed by atoms with E-state index in [4.69, 9.17) is 5.11 Å². The number of aryl methyl sites for hydroxylation is 1. The molecule has 0 spiro atoms. The molecule has 2 rings (SSSR count). The fourth-order valence-corrected chi connectivity index (χ4v) is 2.31. The van der Waals surface area contributed by atoms with Crippen LogP contribution in [0.15, 0.2) is 21.6 Å². The number of H-pyrrole nitrogens is 1. The van der Waals surface area contributed by atoms with Gasteiger partial charge in [-0.3, -0.25) is 9.59 Å². The predicted octanol–water partition coefficient (Wildman–Crippen LogP) is 1.82. The van der Waals surface area contributed by atoms with E-state index < -0.39 is 5.97 Å². The summed E-state index contributed by atoms with van der Waals surface area (Å²) >= 11 is 1.52. The van der Waals surface area contributed by atoms with Crippen LogP contribution in [0.2, 0.25) is 0 Å². The van der Waals surface area contributed by atoms with E-state index >= 15 is 0 Å². The van der Waals surface area contributed by atoms with E-state index in [9.17, 15) is 9.59 Å². The van der Waals surface area contributed by atoms with Crippen LogP contribution in [0.4, 0.5) is 0 Å². The molecule has 0 fully saturated rings. The molecule has 0 amide bonds. The number of aliphatic carboxylic acids is 1. The molecule has 2 N–H and O–H groups in total. The maximum Gasteiger partial charge on any atom is 0.303 e. The van der Waals surface area contributed by atoms with Crippen LogP contribution >= 0.6 is 11.3 Å². The SMILES string of the molecule is Cc1nc(-c2ccsc2)[nH]c(=O)c1CCC(=O)O. The van der Waals surface area contributed by atoms with Gasteiger partial charge in [0, 0.05) is 28.6 Å². The molecule has 5 nitrogen and oxygen atoms in total. The predicted molar refractivity (Wildman–Crippen MR) is 68.9 cm³/mol. The van der Waals surface area contributed by atoms with Gasteiger partial charge in [0.25, 0.3) is 5.56 Å². The molecule has 0 radical (unpaired) electrons. The van der Waals surface area contributed by atoms with Crippen LogP contribution in [0.3, 0.4) is 0 Å². The molecule has 94 valence electrons. The van der Waals surface area contributed by atoms with Crippen LogP contribution < -0.4 is 5.56 Å². The highest BCUT2D eigenvalue weighted by Crippen LogP contribution is 2.17. The fraction of sp³-hybridized carbons (Fsp3) is 0.250. The van der Waals surface area contributed by atoms with Gasteiger partial charge in [-0.25, -0.2) is 4.98 Å². The second-order valence-electron chi connectivity index (χ2n) is 3.88. The lowest BCUT2D eigenvalue weighted by atomic mass is 10.1. The number of thiophene rings is 1. The maximum absolute atomic E-state index is 11.9. The topological polar surface area (TPSA) is 83.0 Å². The van der Waals surface area contributed by atoms with Crippen LogP contribution in [-0.4, -0.2) is 21.0 Å². The molecule has 6 heteroatoms. The van der Waals surface area contributed by atoms with Crippen molar-refractivity contribution in [1.29, 1.82) is 0 Å². The van der Waals surface area contributed by atoms with Crippen molar-refractivity contribution in [2.24, 2.45) is 0 Å². The van der Waals surface area contributed by atoms with Gasteiger partial charge in [-0.15, -0.1) is 0 Å². The van der Waals surface area contributed by atoms with Gasteiger partial charge in [-0.1, -0.05) is 0 Å². The van der Waals surface area contributed by atoms with Gasteiger partial charge in [0.1, 0.15) is 5.82 Å². The Bertz CT molecular complexity index is 617. The zero-order valence-electron chi connectivity index (χ0n) is 9.77. The minimum Gasteiger partial charge on any atom is -0.481 e. The lowest BCUT2D eigenvalue weighted by Gasteiger charge is -2.05. The number of hydrogen-bond acceptors (Lipinski definition) is 4. The van der Waals surface area contributed by atoms with E-state index in [0.717, 1.165) is 5.56 Å². The molecule has 18 heavy (non-hydrogen) atoms. The van der Waals surface area contributed by atoms with Gasteiger partial charge >= 0.3 is 5.97 Å². The van der Waals surface area contributed by atoms with E-state index in [1.165, 1.54) is 11.3 Å². The zero-order chi connectivity index (χ0) is 13.1. The van der Waals surface area contributed by atoms with Crippen LogP contribution in [0.1, 0.15) is 17.7 Å². The fourth-order valence-electron chi connectivity index (χ4n) is 1.67. The van der Waals surface area contributed by atoms with Gasteiger partial charge in [-0.2, -0.15) is 11.3 Å². The number of rotatable bonds is 4. The summed E-state index contributed by atoms with van der Waals surface area (Å²) in [5, 5.41) is 12.4. The number of nitrogens with zero attached hydrogens (tertiary/aromatic N) is 1. The van der Waals surface area contributed by atoms with Crippen molar-refractivity contribution in [2.75, 3.05) is 0 Å². The number of carboxylic acid groups (broad SMARTS) is 1. The quantitative estimate of drug-likeness (QED) is 0.882. The van der Waals surface area contributed by atoms with E-state index in [-0.39, 0.29) is 18.4 Å².